The monoisotopic (exact) mass is 397 g/mol. The second kappa shape index (κ2) is 6.46. The molecular weight excluding hydrogens is 384 g/mol. The average Bonchev–Trinajstić information content (AvgIpc) is 3.00. The quantitative estimate of drug-likeness (QED) is 0.680. The van der Waals surface area contributed by atoms with Crippen LogP contribution in [0.5, 0.6) is 0 Å². The van der Waals surface area contributed by atoms with Crippen molar-refractivity contribution in [2.45, 2.75) is 17.2 Å². The molecule has 1 aromatic heterocycles. The Hall–Kier alpha value is -2.29. The van der Waals surface area contributed by atoms with Gasteiger partial charge in [0.15, 0.2) is 0 Å². The summed E-state index contributed by atoms with van der Waals surface area (Å²) in [4.78, 5) is -0.0896. The number of hydrogen-bond acceptors (Lipinski definition) is 3. The number of sulfonamides is 1. The van der Waals surface area contributed by atoms with E-state index in [4.69, 9.17) is 16.7 Å². The number of alkyl halides is 3. The molecule has 0 aliphatic heterocycles. The SMILES string of the molecule is Cc1ccc(-c2cc(C(F)(F)Cl)nn2-c2ccc(S(N)(=O)=O)cc2)cc1. The summed E-state index contributed by atoms with van der Waals surface area (Å²) in [6.07, 6.45) is 0. The fraction of sp³-hybridized carbons (Fsp3) is 0.118. The molecule has 0 unspecified atom stereocenters. The smallest absolute Gasteiger partial charge is 0.233 e. The third-order valence-corrected chi connectivity index (χ3v) is 4.88. The molecule has 0 atom stereocenters. The highest BCUT2D eigenvalue weighted by atomic mass is 35.5. The van der Waals surface area contributed by atoms with E-state index in [2.05, 4.69) is 5.10 Å². The Morgan fingerprint density at radius 1 is 1.08 bits per heavy atom. The molecule has 1 heterocycles. The molecule has 0 fully saturated rings. The molecule has 136 valence electrons. The summed E-state index contributed by atoms with van der Waals surface area (Å²) >= 11 is 5.12. The summed E-state index contributed by atoms with van der Waals surface area (Å²) in [5, 5.41) is 5.34. The molecule has 0 aliphatic rings. The van der Waals surface area contributed by atoms with Gasteiger partial charge in [-0.2, -0.15) is 13.9 Å². The van der Waals surface area contributed by atoms with E-state index < -0.39 is 21.1 Å². The minimum Gasteiger partial charge on any atom is -0.233 e. The lowest BCUT2D eigenvalue weighted by molar-refractivity contribution is 0.0895. The van der Waals surface area contributed by atoms with Crippen molar-refractivity contribution in [2.24, 2.45) is 5.14 Å². The minimum absolute atomic E-state index is 0.0896. The number of halogens is 3. The van der Waals surface area contributed by atoms with Crippen molar-refractivity contribution in [3.8, 4) is 16.9 Å². The largest absolute Gasteiger partial charge is 0.366 e. The minimum atomic E-state index is -3.86. The van der Waals surface area contributed by atoms with E-state index in [1.54, 1.807) is 12.1 Å². The molecule has 0 amide bonds. The molecule has 0 spiro atoms. The fourth-order valence-electron chi connectivity index (χ4n) is 2.42. The van der Waals surface area contributed by atoms with Crippen LogP contribution in [0.15, 0.2) is 59.5 Å². The normalized spacial score (nSPS) is 12.3. The Bertz CT molecular complexity index is 1040. The highest BCUT2D eigenvalue weighted by molar-refractivity contribution is 7.89. The van der Waals surface area contributed by atoms with Gasteiger partial charge in [0.25, 0.3) is 0 Å². The first-order valence-electron chi connectivity index (χ1n) is 7.43. The van der Waals surface area contributed by atoms with E-state index in [0.29, 0.717) is 16.9 Å². The molecule has 2 aromatic carbocycles. The van der Waals surface area contributed by atoms with Crippen LogP contribution < -0.4 is 5.14 Å². The molecule has 3 aromatic rings. The van der Waals surface area contributed by atoms with Crippen molar-refractivity contribution in [2.75, 3.05) is 0 Å². The predicted octanol–water partition coefficient (Wildman–Crippen LogP) is 3.78. The topological polar surface area (TPSA) is 78.0 Å². The average molecular weight is 398 g/mol. The fourth-order valence-corrected chi connectivity index (χ4v) is 3.03. The number of rotatable bonds is 4. The Kier molecular flexibility index (Phi) is 4.60. The van der Waals surface area contributed by atoms with Crippen LogP contribution in [0.3, 0.4) is 0 Å². The van der Waals surface area contributed by atoms with Gasteiger partial charge in [-0.1, -0.05) is 29.8 Å². The number of aryl methyl sites for hydroxylation is 1. The van der Waals surface area contributed by atoms with Crippen molar-refractivity contribution in [3.63, 3.8) is 0 Å². The van der Waals surface area contributed by atoms with Crippen molar-refractivity contribution in [1.29, 1.82) is 0 Å². The van der Waals surface area contributed by atoms with Gasteiger partial charge in [-0.25, -0.2) is 18.2 Å². The summed E-state index contributed by atoms with van der Waals surface area (Å²) in [7, 11) is -3.86. The molecule has 0 bridgehead atoms. The molecular formula is C17H14ClF2N3O2S. The Balaban J connectivity index is 2.16. The van der Waals surface area contributed by atoms with Gasteiger partial charge < -0.3 is 0 Å². The lowest BCUT2D eigenvalue weighted by Crippen LogP contribution is -2.12. The lowest BCUT2D eigenvalue weighted by Gasteiger charge is -2.09. The third-order valence-electron chi connectivity index (χ3n) is 3.76. The van der Waals surface area contributed by atoms with Crippen LogP contribution in [-0.4, -0.2) is 18.2 Å². The molecule has 0 aliphatic carbocycles. The van der Waals surface area contributed by atoms with Crippen molar-refractivity contribution in [3.05, 3.63) is 65.9 Å². The van der Waals surface area contributed by atoms with E-state index in [-0.39, 0.29) is 4.90 Å². The maximum Gasteiger partial charge on any atom is 0.366 e. The van der Waals surface area contributed by atoms with Crippen LogP contribution in [0, 0.1) is 6.92 Å². The number of hydrogen-bond donors (Lipinski definition) is 1. The van der Waals surface area contributed by atoms with Crippen molar-refractivity contribution >= 4 is 21.6 Å². The van der Waals surface area contributed by atoms with Crippen LogP contribution >= 0.6 is 11.6 Å². The van der Waals surface area contributed by atoms with E-state index in [0.717, 1.165) is 5.56 Å². The molecule has 26 heavy (non-hydrogen) atoms. The maximum atomic E-state index is 13.6. The number of nitrogens with two attached hydrogens (primary N) is 1. The summed E-state index contributed by atoms with van der Waals surface area (Å²) < 4.78 is 51.1. The maximum absolute atomic E-state index is 13.6. The number of benzene rings is 2. The Morgan fingerprint density at radius 3 is 2.15 bits per heavy atom. The first-order valence-corrected chi connectivity index (χ1v) is 9.36. The molecule has 5 nitrogen and oxygen atoms in total. The standard InChI is InChI=1S/C17H14ClF2N3O2S/c1-11-2-4-12(5-3-11)15-10-16(17(18,19)20)22-23(15)13-6-8-14(9-7-13)26(21,24)25/h2-10H,1H3,(H2,21,24,25). The first kappa shape index (κ1) is 18.5. The van der Waals surface area contributed by atoms with Gasteiger partial charge in [-0.05, 0) is 48.9 Å². The van der Waals surface area contributed by atoms with Gasteiger partial charge in [0.05, 0.1) is 16.3 Å². The van der Waals surface area contributed by atoms with Crippen LogP contribution in [0.2, 0.25) is 0 Å². The molecule has 0 saturated heterocycles. The third kappa shape index (κ3) is 3.77. The van der Waals surface area contributed by atoms with Crippen LogP contribution in [-0.2, 0) is 15.4 Å². The highest BCUT2D eigenvalue weighted by Crippen LogP contribution is 2.35. The van der Waals surface area contributed by atoms with Crippen LogP contribution in [0.25, 0.3) is 16.9 Å². The van der Waals surface area contributed by atoms with E-state index in [1.807, 2.05) is 19.1 Å². The summed E-state index contributed by atoms with van der Waals surface area (Å²) in [6, 6.07) is 13.9. The van der Waals surface area contributed by atoms with E-state index >= 15 is 0 Å². The van der Waals surface area contributed by atoms with Gasteiger partial charge in [0, 0.05) is 5.56 Å². The van der Waals surface area contributed by atoms with Gasteiger partial charge in [-0.3, -0.25) is 0 Å². The number of primary sulfonamides is 1. The zero-order valence-electron chi connectivity index (χ0n) is 13.5. The van der Waals surface area contributed by atoms with Gasteiger partial charge >= 0.3 is 5.38 Å². The Morgan fingerprint density at radius 2 is 1.65 bits per heavy atom. The molecule has 9 heteroatoms. The molecule has 3 rings (SSSR count). The van der Waals surface area contributed by atoms with Crippen molar-refractivity contribution in [1.82, 2.24) is 9.78 Å². The van der Waals surface area contributed by atoms with Gasteiger partial charge in [0.2, 0.25) is 10.0 Å². The van der Waals surface area contributed by atoms with E-state index in [1.165, 1.54) is 35.0 Å². The van der Waals surface area contributed by atoms with Gasteiger partial charge in [-0.15, -0.1) is 0 Å². The lowest BCUT2D eigenvalue weighted by atomic mass is 10.1. The highest BCUT2D eigenvalue weighted by Gasteiger charge is 2.32. The first-order chi connectivity index (χ1) is 12.1. The summed E-state index contributed by atoms with van der Waals surface area (Å²) in [5.41, 5.74) is 1.85. The number of aromatic nitrogens is 2. The molecule has 0 saturated carbocycles. The van der Waals surface area contributed by atoms with Crippen LogP contribution in [0.1, 0.15) is 11.3 Å². The summed E-state index contributed by atoms with van der Waals surface area (Å²) in [5.74, 6) is 0. The number of nitrogens with zero attached hydrogens (tertiary/aromatic N) is 2. The zero-order chi connectivity index (χ0) is 19.1. The Labute approximate surface area is 154 Å². The van der Waals surface area contributed by atoms with Crippen molar-refractivity contribution < 1.29 is 17.2 Å². The zero-order valence-corrected chi connectivity index (χ0v) is 15.1. The van der Waals surface area contributed by atoms with E-state index in [9.17, 15) is 17.2 Å². The molecule has 0 radical (unpaired) electrons. The summed E-state index contributed by atoms with van der Waals surface area (Å²) in [6.45, 7) is 1.91. The second-order valence-electron chi connectivity index (χ2n) is 5.73. The second-order valence-corrected chi connectivity index (χ2v) is 7.77. The molecule has 2 N–H and O–H groups in total. The predicted molar refractivity (Wildman–Crippen MR) is 94.9 cm³/mol. The van der Waals surface area contributed by atoms with Gasteiger partial charge in [0.1, 0.15) is 5.69 Å². The van der Waals surface area contributed by atoms with Crippen LogP contribution in [0.4, 0.5) is 8.78 Å².